The molecule has 3 rings (SSSR count). The fourth-order valence-corrected chi connectivity index (χ4v) is 1.97. The maximum atomic E-state index is 6.05. The third kappa shape index (κ3) is 1.33. The van der Waals surface area contributed by atoms with Gasteiger partial charge >= 0.3 is 0 Å². The van der Waals surface area contributed by atoms with E-state index in [2.05, 4.69) is 0 Å². The Bertz CT molecular complexity index is 355. The third-order valence-corrected chi connectivity index (χ3v) is 2.88. The van der Waals surface area contributed by atoms with Gasteiger partial charge in [0.2, 0.25) is 0 Å². The molecule has 2 saturated heterocycles. The molecule has 2 aliphatic heterocycles. The van der Waals surface area contributed by atoms with Gasteiger partial charge < -0.3 is 4.74 Å². The Morgan fingerprint density at radius 1 is 1.29 bits per heavy atom. The number of benzene rings is 1. The van der Waals surface area contributed by atoms with E-state index in [1.807, 2.05) is 24.3 Å². The van der Waals surface area contributed by atoms with Crippen molar-refractivity contribution in [2.75, 3.05) is 6.61 Å². The van der Waals surface area contributed by atoms with E-state index in [0.29, 0.717) is 11.6 Å². The predicted molar refractivity (Wildman–Crippen MR) is 49.9 cm³/mol. The van der Waals surface area contributed by atoms with Crippen molar-refractivity contribution >= 4 is 11.6 Å². The normalized spacial score (nSPS) is 35.1. The molecule has 0 aromatic heterocycles. The van der Waals surface area contributed by atoms with Gasteiger partial charge in [0.1, 0.15) is 24.9 Å². The third-order valence-electron chi connectivity index (χ3n) is 2.54. The van der Waals surface area contributed by atoms with Gasteiger partial charge in [-0.15, -0.1) is 0 Å². The SMILES string of the molecule is Clc1ccccc1[C@H]1OOC[C@@H]2O[C@@H]21. The van der Waals surface area contributed by atoms with Gasteiger partial charge in [-0.3, -0.25) is 0 Å². The van der Waals surface area contributed by atoms with E-state index in [4.69, 9.17) is 26.1 Å². The summed E-state index contributed by atoms with van der Waals surface area (Å²) in [6.07, 6.45) is 0.121. The Morgan fingerprint density at radius 3 is 3.00 bits per heavy atom. The molecule has 0 unspecified atom stereocenters. The lowest BCUT2D eigenvalue weighted by molar-refractivity contribution is -0.339. The van der Waals surface area contributed by atoms with E-state index < -0.39 is 0 Å². The van der Waals surface area contributed by atoms with Crippen molar-refractivity contribution in [3.8, 4) is 0 Å². The van der Waals surface area contributed by atoms with E-state index in [1.165, 1.54) is 0 Å². The van der Waals surface area contributed by atoms with Crippen molar-refractivity contribution in [3.05, 3.63) is 34.9 Å². The molecule has 3 atom stereocenters. The van der Waals surface area contributed by atoms with E-state index >= 15 is 0 Å². The lowest BCUT2D eigenvalue weighted by Gasteiger charge is -2.19. The van der Waals surface area contributed by atoms with E-state index in [-0.39, 0.29) is 18.3 Å². The topological polar surface area (TPSA) is 31.0 Å². The summed E-state index contributed by atoms with van der Waals surface area (Å²) in [5, 5.41) is 0.692. The quantitative estimate of drug-likeness (QED) is 0.528. The first-order valence-corrected chi connectivity index (χ1v) is 4.92. The van der Waals surface area contributed by atoms with Gasteiger partial charge in [-0.25, -0.2) is 9.78 Å². The van der Waals surface area contributed by atoms with Crippen LogP contribution in [0.15, 0.2) is 24.3 Å². The average molecular weight is 213 g/mol. The van der Waals surface area contributed by atoms with Crippen molar-refractivity contribution in [2.45, 2.75) is 18.3 Å². The Morgan fingerprint density at radius 2 is 2.14 bits per heavy atom. The summed E-state index contributed by atoms with van der Waals surface area (Å²) in [6.45, 7) is 0.519. The van der Waals surface area contributed by atoms with E-state index in [1.54, 1.807) is 0 Å². The summed E-state index contributed by atoms with van der Waals surface area (Å²) in [5.41, 5.74) is 0.932. The maximum absolute atomic E-state index is 6.05. The summed E-state index contributed by atoms with van der Waals surface area (Å²) in [6, 6.07) is 7.59. The zero-order chi connectivity index (χ0) is 9.54. The number of halogens is 1. The molecule has 1 aromatic carbocycles. The Hall–Kier alpha value is -0.610. The lowest BCUT2D eigenvalue weighted by Crippen LogP contribution is -2.22. The lowest BCUT2D eigenvalue weighted by atomic mass is 10.0. The highest BCUT2D eigenvalue weighted by Crippen LogP contribution is 2.42. The van der Waals surface area contributed by atoms with E-state index in [9.17, 15) is 0 Å². The minimum Gasteiger partial charge on any atom is -0.364 e. The molecule has 4 heteroatoms. The fourth-order valence-electron chi connectivity index (χ4n) is 1.73. The second-order valence-electron chi connectivity index (χ2n) is 3.46. The van der Waals surface area contributed by atoms with Crippen LogP contribution >= 0.6 is 11.6 Å². The first kappa shape index (κ1) is 8.68. The zero-order valence-corrected chi connectivity index (χ0v) is 8.11. The van der Waals surface area contributed by atoms with Crippen molar-refractivity contribution in [1.29, 1.82) is 0 Å². The monoisotopic (exact) mass is 212 g/mol. The molecule has 2 heterocycles. The molecule has 0 aliphatic carbocycles. The summed E-state index contributed by atoms with van der Waals surface area (Å²) < 4.78 is 5.39. The van der Waals surface area contributed by atoms with Crippen LogP contribution in [-0.2, 0) is 14.5 Å². The smallest absolute Gasteiger partial charge is 0.148 e. The van der Waals surface area contributed by atoms with Crippen LogP contribution < -0.4 is 0 Å². The molecule has 0 N–H and O–H groups in total. The molecule has 3 nitrogen and oxygen atoms in total. The predicted octanol–water partition coefficient (Wildman–Crippen LogP) is 2.11. The summed E-state index contributed by atoms with van der Waals surface area (Å²) >= 11 is 6.05. The molecule has 0 spiro atoms. The first-order valence-electron chi connectivity index (χ1n) is 4.54. The first-order chi connectivity index (χ1) is 6.86. The van der Waals surface area contributed by atoms with Gasteiger partial charge in [-0.2, -0.15) is 0 Å². The van der Waals surface area contributed by atoms with Crippen molar-refractivity contribution in [1.82, 2.24) is 0 Å². The molecular weight excluding hydrogens is 204 g/mol. The Kier molecular flexibility index (Phi) is 1.99. The number of ether oxygens (including phenoxy) is 1. The van der Waals surface area contributed by atoms with Crippen LogP contribution in [0.1, 0.15) is 11.7 Å². The summed E-state index contributed by atoms with van der Waals surface area (Å²) in [5.74, 6) is 0. The van der Waals surface area contributed by atoms with Gasteiger partial charge in [-0.05, 0) is 6.07 Å². The summed E-state index contributed by atoms with van der Waals surface area (Å²) in [7, 11) is 0. The average Bonchev–Trinajstić information content (AvgIpc) is 2.97. The highest BCUT2D eigenvalue weighted by atomic mass is 35.5. The van der Waals surface area contributed by atoms with Crippen LogP contribution in [0.4, 0.5) is 0 Å². The molecule has 1 aromatic rings. The van der Waals surface area contributed by atoms with Crippen molar-refractivity contribution in [2.24, 2.45) is 0 Å². The number of epoxide rings is 1. The van der Waals surface area contributed by atoms with Crippen LogP contribution in [0, 0.1) is 0 Å². The number of hydrogen-bond donors (Lipinski definition) is 0. The molecule has 2 fully saturated rings. The standard InChI is InChI=1S/C10H9ClO3/c11-7-4-2-1-3-6(7)9-10-8(13-10)5-12-14-9/h1-4,8-10H,5H2/t8-,9+,10-/m0/s1. The van der Waals surface area contributed by atoms with E-state index in [0.717, 1.165) is 5.56 Å². The molecule has 0 amide bonds. The Balaban J connectivity index is 1.91. The minimum atomic E-state index is -0.178. The van der Waals surface area contributed by atoms with Crippen LogP contribution in [0.3, 0.4) is 0 Å². The molecule has 0 saturated carbocycles. The number of rotatable bonds is 1. The van der Waals surface area contributed by atoms with Crippen molar-refractivity contribution < 1.29 is 14.5 Å². The molecule has 0 bridgehead atoms. The molecule has 74 valence electrons. The highest BCUT2D eigenvalue weighted by molar-refractivity contribution is 6.31. The number of hydrogen-bond acceptors (Lipinski definition) is 3. The Labute approximate surface area is 86.5 Å². The van der Waals surface area contributed by atoms with Crippen LogP contribution in [0.5, 0.6) is 0 Å². The van der Waals surface area contributed by atoms with Gasteiger partial charge in [-0.1, -0.05) is 29.8 Å². The largest absolute Gasteiger partial charge is 0.364 e. The van der Waals surface area contributed by atoms with Gasteiger partial charge in [0.05, 0.1) is 0 Å². The number of fused-ring (bicyclic) bond motifs is 1. The summed E-state index contributed by atoms with van der Waals surface area (Å²) in [4.78, 5) is 10.2. The minimum absolute atomic E-state index is 0.114. The second kappa shape index (κ2) is 3.21. The zero-order valence-electron chi connectivity index (χ0n) is 7.35. The van der Waals surface area contributed by atoms with Crippen molar-refractivity contribution in [3.63, 3.8) is 0 Å². The van der Waals surface area contributed by atoms with Crippen LogP contribution in [-0.4, -0.2) is 18.8 Å². The molecule has 0 radical (unpaired) electrons. The second-order valence-corrected chi connectivity index (χ2v) is 3.87. The molecule has 14 heavy (non-hydrogen) atoms. The van der Waals surface area contributed by atoms with Gasteiger partial charge in [0.15, 0.2) is 0 Å². The fraction of sp³-hybridized carbons (Fsp3) is 0.400. The van der Waals surface area contributed by atoms with Gasteiger partial charge in [0, 0.05) is 10.6 Å². The molecular formula is C10H9ClO3. The van der Waals surface area contributed by atoms with Crippen LogP contribution in [0.25, 0.3) is 0 Å². The maximum Gasteiger partial charge on any atom is 0.148 e. The van der Waals surface area contributed by atoms with Gasteiger partial charge in [0.25, 0.3) is 0 Å². The van der Waals surface area contributed by atoms with Crippen LogP contribution in [0.2, 0.25) is 5.02 Å². The molecule has 2 aliphatic rings. The highest BCUT2D eigenvalue weighted by Gasteiger charge is 2.51.